The highest BCUT2D eigenvalue weighted by Crippen LogP contribution is 2.44. The summed E-state index contributed by atoms with van der Waals surface area (Å²) in [5.74, 6) is 0.605. The first-order chi connectivity index (χ1) is 4.71. The van der Waals surface area contributed by atoms with Gasteiger partial charge in [-0.1, -0.05) is 12.8 Å². The number of rotatable bonds is 0. The number of aliphatic hydroxyl groups is 2. The lowest BCUT2D eigenvalue weighted by atomic mass is 9.85. The summed E-state index contributed by atoms with van der Waals surface area (Å²) in [5, 5.41) is 19.1. The molecule has 0 amide bonds. The van der Waals surface area contributed by atoms with Crippen LogP contribution in [0.15, 0.2) is 0 Å². The van der Waals surface area contributed by atoms with Gasteiger partial charge in [0.2, 0.25) is 0 Å². The van der Waals surface area contributed by atoms with Gasteiger partial charge in [0, 0.05) is 0 Å². The molecule has 2 heteroatoms. The molecular formula is C8H14O2. The van der Waals surface area contributed by atoms with E-state index >= 15 is 0 Å². The summed E-state index contributed by atoms with van der Waals surface area (Å²) >= 11 is 0. The van der Waals surface area contributed by atoms with E-state index in [-0.39, 0.29) is 0 Å². The fraction of sp³-hybridized carbons (Fsp3) is 1.00. The second kappa shape index (κ2) is 1.95. The molecule has 2 N–H and O–H groups in total. The summed E-state index contributed by atoms with van der Waals surface area (Å²) in [6.45, 7) is 0. The smallest absolute Gasteiger partial charge is 0.0908 e. The molecule has 0 aromatic rings. The summed E-state index contributed by atoms with van der Waals surface area (Å²) in [4.78, 5) is 0. The minimum absolute atomic E-state index is 0.431. The fourth-order valence-corrected chi connectivity index (χ4v) is 2.44. The highest BCUT2D eigenvalue weighted by molar-refractivity contribution is 4.99. The zero-order valence-electron chi connectivity index (χ0n) is 6.08. The lowest BCUT2D eigenvalue weighted by Crippen LogP contribution is -2.37. The molecule has 0 aromatic carbocycles. The topological polar surface area (TPSA) is 40.5 Å². The Bertz CT molecular complexity index is 146. The highest BCUT2D eigenvalue weighted by atomic mass is 16.3. The molecule has 0 radical (unpaired) electrons. The maximum atomic E-state index is 9.74. The monoisotopic (exact) mass is 142 g/mol. The Kier molecular flexibility index (Phi) is 1.29. The van der Waals surface area contributed by atoms with Crippen molar-refractivity contribution < 1.29 is 10.2 Å². The van der Waals surface area contributed by atoms with Crippen LogP contribution in [0.5, 0.6) is 0 Å². The zero-order valence-corrected chi connectivity index (χ0v) is 6.08. The van der Waals surface area contributed by atoms with Crippen LogP contribution in [0.25, 0.3) is 0 Å². The first-order valence-corrected chi connectivity index (χ1v) is 4.11. The molecule has 0 spiro atoms. The number of hydrogen-bond donors (Lipinski definition) is 2. The van der Waals surface area contributed by atoms with Gasteiger partial charge < -0.3 is 10.2 Å². The predicted molar refractivity (Wildman–Crippen MR) is 37.5 cm³/mol. The molecule has 0 aliphatic heterocycles. The van der Waals surface area contributed by atoms with E-state index in [1.165, 1.54) is 6.42 Å². The van der Waals surface area contributed by atoms with Crippen LogP contribution >= 0.6 is 0 Å². The maximum absolute atomic E-state index is 9.74. The van der Waals surface area contributed by atoms with Crippen LogP contribution in [0.2, 0.25) is 0 Å². The first-order valence-electron chi connectivity index (χ1n) is 4.11. The minimum atomic E-state index is -0.692. The van der Waals surface area contributed by atoms with Crippen LogP contribution in [0, 0.1) is 5.92 Å². The zero-order chi connectivity index (χ0) is 7.19. The highest BCUT2D eigenvalue weighted by Gasteiger charge is 2.47. The molecule has 2 rings (SSSR count). The number of hydrogen-bond acceptors (Lipinski definition) is 2. The molecule has 0 aromatic heterocycles. The van der Waals surface area contributed by atoms with E-state index in [0.29, 0.717) is 5.92 Å². The molecule has 10 heavy (non-hydrogen) atoms. The molecule has 2 aliphatic carbocycles. The van der Waals surface area contributed by atoms with Gasteiger partial charge in [0.1, 0.15) is 0 Å². The molecule has 3 atom stereocenters. The van der Waals surface area contributed by atoms with Crippen LogP contribution in [0.4, 0.5) is 0 Å². The van der Waals surface area contributed by atoms with Gasteiger partial charge >= 0.3 is 0 Å². The third kappa shape index (κ3) is 0.789. The summed E-state index contributed by atoms with van der Waals surface area (Å²) in [6.07, 6.45) is 4.35. The average Bonchev–Trinajstić information content (AvgIpc) is 2.04. The number of fused-ring (bicyclic) bond motifs is 2. The summed E-state index contributed by atoms with van der Waals surface area (Å²) in [5.41, 5.74) is -0.692. The van der Waals surface area contributed by atoms with Crippen molar-refractivity contribution in [3.05, 3.63) is 0 Å². The van der Waals surface area contributed by atoms with Crippen LogP contribution in [-0.4, -0.2) is 21.9 Å². The van der Waals surface area contributed by atoms with E-state index < -0.39 is 11.7 Å². The Labute approximate surface area is 60.9 Å². The Hall–Kier alpha value is -0.0800. The van der Waals surface area contributed by atoms with Crippen LogP contribution in [0.3, 0.4) is 0 Å². The summed E-state index contributed by atoms with van der Waals surface area (Å²) in [6, 6.07) is 0. The molecule has 2 saturated carbocycles. The fourth-order valence-electron chi connectivity index (χ4n) is 2.44. The summed E-state index contributed by atoms with van der Waals surface area (Å²) < 4.78 is 0. The van der Waals surface area contributed by atoms with Gasteiger partial charge in [-0.05, 0) is 25.2 Å². The van der Waals surface area contributed by atoms with Crippen LogP contribution in [0.1, 0.15) is 32.1 Å². The van der Waals surface area contributed by atoms with Crippen molar-refractivity contribution in [1.29, 1.82) is 0 Å². The standard InChI is InChI=1S/C8H14O2/c9-7-4-6-2-1-3-8(7,10)5-6/h6-7,9-10H,1-5H2/t6-,7-,8+/m0/s1. The van der Waals surface area contributed by atoms with Crippen molar-refractivity contribution >= 4 is 0 Å². The lowest BCUT2D eigenvalue weighted by Gasteiger charge is -2.29. The van der Waals surface area contributed by atoms with Crippen molar-refractivity contribution in [3.63, 3.8) is 0 Å². The molecule has 2 fully saturated rings. The maximum Gasteiger partial charge on any atom is 0.0908 e. The van der Waals surface area contributed by atoms with E-state index in [1.54, 1.807) is 0 Å². The molecular weight excluding hydrogens is 128 g/mol. The quantitative estimate of drug-likeness (QED) is 0.522. The second-order valence-corrected chi connectivity index (χ2v) is 3.82. The molecule has 58 valence electrons. The lowest BCUT2D eigenvalue weighted by molar-refractivity contribution is -0.0638. The van der Waals surface area contributed by atoms with E-state index in [4.69, 9.17) is 0 Å². The number of aliphatic hydroxyl groups excluding tert-OH is 1. The SMILES string of the molecule is O[C@H]1C[C@@H]2CCC[C@@]1(O)C2. The second-order valence-electron chi connectivity index (χ2n) is 3.82. The van der Waals surface area contributed by atoms with E-state index in [0.717, 1.165) is 25.7 Å². The van der Waals surface area contributed by atoms with Crippen molar-refractivity contribution in [1.82, 2.24) is 0 Å². The Morgan fingerprint density at radius 3 is 2.80 bits per heavy atom. The van der Waals surface area contributed by atoms with Gasteiger partial charge in [-0.3, -0.25) is 0 Å². The molecule has 2 aliphatic rings. The van der Waals surface area contributed by atoms with Crippen molar-refractivity contribution in [2.75, 3.05) is 0 Å². The van der Waals surface area contributed by atoms with Crippen molar-refractivity contribution in [2.45, 2.75) is 43.8 Å². The molecule has 2 nitrogen and oxygen atoms in total. The van der Waals surface area contributed by atoms with E-state index in [1.807, 2.05) is 0 Å². The molecule has 0 heterocycles. The molecule has 0 unspecified atom stereocenters. The van der Waals surface area contributed by atoms with Crippen molar-refractivity contribution in [2.24, 2.45) is 5.92 Å². The Morgan fingerprint density at radius 2 is 2.20 bits per heavy atom. The van der Waals surface area contributed by atoms with Gasteiger partial charge in [-0.2, -0.15) is 0 Å². The third-order valence-corrected chi connectivity index (χ3v) is 3.04. The molecule has 2 bridgehead atoms. The third-order valence-electron chi connectivity index (χ3n) is 3.04. The van der Waals surface area contributed by atoms with Crippen LogP contribution in [-0.2, 0) is 0 Å². The molecule has 0 saturated heterocycles. The van der Waals surface area contributed by atoms with Gasteiger partial charge in [0.15, 0.2) is 0 Å². The van der Waals surface area contributed by atoms with Gasteiger partial charge in [-0.25, -0.2) is 0 Å². The first kappa shape index (κ1) is 6.62. The van der Waals surface area contributed by atoms with E-state index in [2.05, 4.69) is 0 Å². The largest absolute Gasteiger partial charge is 0.390 e. The Morgan fingerprint density at radius 1 is 1.40 bits per heavy atom. The minimum Gasteiger partial charge on any atom is -0.390 e. The van der Waals surface area contributed by atoms with E-state index in [9.17, 15) is 10.2 Å². The van der Waals surface area contributed by atoms with Gasteiger partial charge in [0.05, 0.1) is 11.7 Å². The van der Waals surface area contributed by atoms with Crippen LogP contribution < -0.4 is 0 Å². The van der Waals surface area contributed by atoms with Crippen molar-refractivity contribution in [3.8, 4) is 0 Å². The predicted octanol–water partition coefficient (Wildman–Crippen LogP) is 0.672. The van der Waals surface area contributed by atoms with Gasteiger partial charge in [0.25, 0.3) is 0 Å². The van der Waals surface area contributed by atoms with Gasteiger partial charge in [-0.15, -0.1) is 0 Å². The summed E-state index contributed by atoms with van der Waals surface area (Å²) in [7, 11) is 0. The Balaban J connectivity index is 2.18. The normalized spacial score (nSPS) is 53.4. The average molecular weight is 142 g/mol.